The molecule has 2 aliphatic heterocycles. The molecule has 0 bridgehead atoms. The highest BCUT2D eigenvalue weighted by atomic mass is 32.1. The summed E-state index contributed by atoms with van der Waals surface area (Å²) >= 11 is 1.48. The third kappa shape index (κ3) is 11.6. The fourth-order valence-electron chi connectivity index (χ4n) is 9.48. The first-order chi connectivity index (χ1) is 35.8. The number of alkyl halides is 3. The van der Waals surface area contributed by atoms with Crippen LogP contribution >= 0.6 is 11.3 Å². The maximum absolute atomic E-state index is 14.6. The van der Waals surface area contributed by atoms with Crippen LogP contribution in [0.1, 0.15) is 64.6 Å². The number of halogens is 4. The molecule has 1 fully saturated rings. The van der Waals surface area contributed by atoms with Crippen LogP contribution in [0.3, 0.4) is 0 Å². The molecular formula is C55H54F4N8O6S. The molecule has 0 spiro atoms. The number of nitrogens with zero attached hydrogens (tertiary/aromatic N) is 6. The summed E-state index contributed by atoms with van der Waals surface area (Å²) in [4.78, 5) is 64.8. The number of esters is 1. The fourth-order valence-corrected chi connectivity index (χ4v) is 10.3. The van der Waals surface area contributed by atoms with Crippen molar-refractivity contribution in [3.63, 3.8) is 0 Å². The maximum Gasteiger partial charge on any atom is 0.416 e. The fraction of sp³-hybridized carbons (Fsp3) is 0.309. The van der Waals surface area contributed by atoms with Gasteiger partial charge < -0.3 is 25.0 Å². The van der Waals surface area contributed by atoms with Crippen LogP contribution in [0.5, 0.6) is 5.75 Å². The van der Waals surface area contributed by atoms with E-state index in [0.717, 1.165) is 71.5 Å². The van der Waals surface area contributed by atoms with Gasteiger partial charge in [-0.25, -0.2) is 14.1 Å². The van der Waals surface area contributed by atoms with Gasteiger partial charge in [0.25, 0.3) is 11.8 Å². The molecule has 0 aliphatic carbocycles. The Labute approximate surface area is 428 Å². The van der Waals surface area contributed by atoms with Crippen molar-refractivity contribution < 1.29 is 46.2 Å². The quantitative estimate of drug-likeness (QED) is 0.0634. The van der Waals surface area contributed by atoms with Gasteiger partial charge in [-0.3, -0.25) is 29.0 Å². The number of hydrogen-bond donors (Lipinski definition) is 2. The van der Waals surface area contributed by atoms with Crippen molar-refractivity contribution in [2.45, 2.75) is 51.4 Å². The zero-order valence-electron chi connectivity index (χ0n) is 40.7. The summed E-state index contributed by atoms with van der Waals surface area (Å²) in [6.45, 7) is 8.69. The summed E-state index contributed by atoms with van der Waals surface area (Å²) in [5.41, 5.74) is 2.21. The summed E-state index contributed by atoms with van der Waals surface area (Å²) in [5.74, 6) is -2.37. The average Bonchev–Trinajstić information content (AvgIpc) is 4.04. The third-order valence-electron chi connectivity index (χ3n) is 13.2. The molecular weight excluding hydrogens is 977 g/mol. The second-order valence-electron chi connectivity index (χ2n) is 17.9. The number of anilines is 1. The summed E-state index contributed by atoms with van der Waals surface area (Å²) in [5, 5.41) is 15.4. The number of benzene rings is 5. The molecule has 2 atom stereocenters. The van der Waals surface area contributed by atoms with Gasteiger partial charge in [0.2, 0.25) is 5.91 Å². The Balaban J connectivity index is 0.848. The minimum atomic E-state index is -4.71. The van der Waals surface area contributed by atoms with Gasteiger partial charge in [-0.05, 0) is 79.4 Å². The van der Waals surface area contributed by atoms with E-state index < -0.39 is 41.3 Å². The molecule has 2 aromatic heterocycles. The molecule has 7 aromatic rings. The summed E-state index contributed by atoms with van der Waals surface area (Å²) < 4.78 is 68.7. The SMILES string of the molecule is CCOC(=O)Cc1csc(-c2ccc3cccc(OCCN4CCN(CCC(=O)NCc5nn(-c6ccccc6)c6c5[C@H](c5ccc(F)cc5)[C@H](NC(=O)c5cccc(C(F)(F)F)c5)C(=O)N6CC)CC4)c3c2)n1. The smallest absolute Gasteiger partial charge is 0.416 e. The number of carbonyl (C=O) groups is 4. The lowest BCUT2D eigenvalue weighted by molar-refractivity contribution is -0.142. The highest BCUT2D eigenvalue weighted by Crippen LogP contribution is 2.44. The van der Waals surface area contributed by atoms with Crippen molar-refractivity contribution in [1.82, 2.24) is 35.2 Å². The minimum Gasteiger partial charge on any atom is -0.492 e. The van der Waals surface area contributed by atoms with E-state index in [1.54, 1.807) is 18.5 Å². The van der Waals surface area contributed by atoms with Crippen molar-refractivity contribution >= 4 is 51.6 Å². The van der Waals surface area contributed by atoms with Gasteiger partial charge >= 0.3 is 12.1 Å². The first-order valence-corrected chi connectivity index (χ1v) is 25.4. The van der Waals surface area contributed by atoms with Crippen LogP contribution < -0.4 is 20.3 Å². The van der Waals surface area contributed by atoms with Gasteiger partial charge in [-0.15, -0.1) is 11.3 Å². The first-order valence-electron chi connectivity index (χ1n) is 24.5. The molecule has 19 heteroatoms. The van der Waals surface area contributed by atoms with Crippen molar-refractivity contribution in [1.29, 1.82) is 0 Å². The molecule has 9 rings (SSSR count). The number of hydrogen-bond acceptors (Lipinski definition) is 11. The number of carbonyl (C=O) groups excluding carboxylic acids is 4. The van der Waals surface area contributed by atoms with Crippen molar-refractivity contribution in [3.05, 3.63) is 160 Å². The molecule has 1 saturated heterocycles. The second kappa shape index (κ2) is 22.7. The number of piperazine rings is 1. The molecule has 74 heavy (non-hydrogen) atoms. The summed E-state index contributed by atoms with van der Waals surface area (Å²) in [7, 11) is 0. The van der Waals surface area contributed by atoms with Crippen LogP contribution in [0.2, 0.25) is 0 Å². The second-order valence-corrected chi connectivity index (χ2v) is 18.8. The predicted molar refractivity (Wildman–Crippen MR) is 273 cm³/mol. The lowest BCUT2D eigenvalue weighted by Crippen LogP contribution is -2.55. The van der Waals surface area contributed by atoms with Crippen molar-refractivity contribution in [2.24, 2.45) is 0 Å². The van der Waals surface area contributed by atoms with Gasteiger partial charge in [0.05, 0.1) is 42.2 Å². The summed E-state index contributed by atoms with van der Waals surface area (Å²) in [6, 6.07) is 29.2. The zero-order chi connectivity index (χ0) is 51.9. The van der Waals surface area contributed by atoms with Crippen molar-refractivity contribution in [2.75, 3.05) is 63.9 Å². The highest BCUT2D eigenvalue weighted by molar-refractivity contribution is 7.13. The normalized spacial score (nSPS) is 16.2. The molecule has 0 radical (unpaired) electrons. The number of rotatable bonds is 18. The molecule has 5 aromatic carbocycles. The molecule has 384 valence electrons. The molecule has 2 N–H and O–H groups in total. The van der Waals surface area contributed by atoms with Crippen LogP contribution in [0.4, 0.5) is 23.4 Å². The van der Waals surface area contributed by atoms with Crippen LogP contribution in [0, 0.1) is 5.82 Å². The van der Waals surface area contributed by atoms with E-state index in [-0.39, 0.29) is 43.4 Å². The van der Waals surface area contributed by atoms with Gasteiger partial charge in [0, 0.05) is 85.6 Å². The minimum absolute atomic E-state index is 0.0620. The number of nitrogens with one attached hydrogen (secondary N) is 2. The van der Waals surface area contributed by atoms with E-state index >= 15 is 0 Å². The number of likely N-dealkylation sites (N-methyl/N-ethyl adjacent to an activating group) is 1. The summed E-state index contributed by atoms with van der Waals surface area (Å²) in [6.07, 6.45) is -4.39. The highest BCUT2D eigenvalue weighted by Gasteiger charge is 2.46. The standard InChI is InChI=1S/C55H54F4N8O6S/c1-3-66-53-49(48(36-18-20-40(56)21-19-36)50(54(66)71)62-51(70)37-11-8-12-39(30-37)55(57,58)59)44(63-67(53)42-13-6-5-7-14-42)33-60-46(68)22-23-64-24-26-65(27-25-64)28-29-73-45-15-9-10-35-16-17-38(31-43(35)45)52-61-41(34-74-52)32-47(69)72-4-2/h5-21,30-31,34,48,50H,3-4,22-29,32-33H2,1-2H3,(H,60,68)(H,62,70)/t48-,50-/m0/s1. The number of para-hydroxylation sites is 1. The Morgan fingerprint density at radius 2 is 1.59 bits per heavy atom. The van der Waals surface area contributed by atoms with Crippen LogP contribution in [-0.4, -0.2) is 113 Å². The maximum atomic E-state index is 14.6. The lowest BCUT2D eigenvalue weighted by atomic mass is 9.80. The Hall–Kier alpha value is -7.48. The number of aromatic nitrogens is 3. The van der Waals surface area contributed by atoms with Gasteiger partial charge in [0.1, 0.15) is 35.0 Å². The van der Waals surface area contributed by atoms with E-state index in [1.807, 2.05) is 66.0 Å². The van der Waals surface area contributed by atoms with E-state index in [1.165, 1.54) is 46.6 Å². The molecule has 3 amide bonds. The van der Waals surface area contributed by atoms with Crippen molar-refractivity contribution in [3.8, 4) is 22.0 Å². The molecule has 4 heterocycles. The average molecular weight is 1030 g/mol. The zero-order valence-corrected chi connectivity index (χ0v) is 41.6. The van der Waals surface area contributed by atoms with E-state index in [9.17, 15) is 36.7 Å². The van der Waals surface area contributed by atoms with Crippen LogP contribution in [-0.2, 0) is 38.3 Å². The largest absolute Gasteiger partial charge is 0.492 e. The molecule has 14 nitrogen and oxygen atoms in total. The topological polar surface area (TPSA) is 151 Å². The van der Waals surface area contributed by atoms with E-state index in [4.69, 9.17) is 14.6 Å². The van der Waals surface area contributed by atoms with Crippen LogP contribution in [0.25, 0.3) is 27.0 Å². The Morgan fingerprint density at radius 3 is 2.32 bits per heavy atom. The monoisotopic (exact) mass is 1030 g/mol. The van der Waals surface area contributed by atoms with E-state index in [0.29, 0.717) is 60.3 Å². The third-order valence-corrected chi connectivity index (χ3v) is 14.1. The van der Waals surface area contributed by atoms with Gasteiger partial charge in [-0.2, -0.15) is 18.3 Å². The first kappa shape index (κ1) is 51.4. The Morgan fingerprint density at radius 1 is 0.851 bits per heavy atom. The Bertz CT molecular complexity index is 3140. The molecule has 2 aliphatic rings. The number of thiazole rings is 1. The van der Waals surface area contributed by atoms with E-state index in [2.05, 4.69) is 31.5 Å². The molecule has 0 unspecified atom stereocenters. The molecule has 0 saturated carbocycles. The Kier molecular flexibility index (Phi) is 15.8. The number of ether oxygens (including phenoxy) is 2. The van der Waals surface area contributed by atoms with Gasteiger partial charge in [0.15, 0.2) is 0 Å². The number of amides is 3. The number of fused-ring (bicyclic) bond motifs is 2. The predicted octanol–water partition coefficient (Wildman–Crippen LogP) is 8.41. The van der Waals surface area contributed by atoms with Crippen LogP contribution in [0.15, 0.2) is 121 Å². The van der Waals surface area contributed by atoms with Gasteiger partial charge in [-0.1, -0.05) is 60.7 Å². The lowest BCUT2D eigenvalue weighted by Gasteiger charge is -2.38.